The number of pyridine rings is 1. The Kier molecular flexibility index (Phi) is 5.54. The molecule has 0 saturated heterocycles. The van der Waals surface area contributed by atoms with Crippen LogP contribution >= 0.6 is 11.6 Å². The lowest BCUT2D eigenvalue weighted by molar-refractivity contribution is 0.0945. The Hall–Kier alpha value is -4.10. The van der Waals surface area contributed by atoms with Crippen LogP contribution in [0, 0.1) is 6.92 Å². The Bertz CT molecular complexity index is 1480. The van der Waals surface area contributed by atoms with Gasteiger partial charge in [0, 0.05) is 35.2 Å². The Morgan fingerprint density at radius 1 is 0.970 bits per heavy atom. The molecule has 0 fully saturated rings. The maximum Gasteiger partial charge on any atom is 0.272 e. The van der Waals surface area contributed by atoms with Gasteiger partial charge in [0.2, 0.25) is 0 Å². The smallest absolute Gasteiger partial charge is 0.272 e. The van der Waals surface area contributed by atoms with E-state index in [1.807, 2.05) is 61.5 Å². The lowest BCUT2D eigenvalue weighted by atomic mass is 10.1. The molecule has 0 unspecified atom stereocenters. The third kappa shape index (κ3) is 4.44. The lowest BCUT2D eigenvalue weighted by Crippen LogP contribution is -2.23. The third-order valence-corrected chi connectivity index (χ3v) is 5.37. The monoisotopic (exact) mass is 454 g/mol. The third-order valence-electron chi connectivity index (χ3n) is 5.14. The van der Waals surface area contributed by atoms with E-state index in [1.54, 1.807) is 29.2 Å². The van der Waals surface area contributed by atoms with Crippen LogP contribution in [0.5, 0.6) is 0 Å². The fourth-order valence-corrected chi connectivity index (χ4v) is 3.77. The second-order valence-corrected chi connectivity index (χ2v) is 7.97. The molecule has 2 aromatic carbocycles. The number of nitrogens with one attached hydrogen (secondary N) is 1. The number of hydrogen-bond acceptors (Lipinski definition) is 5. The van der Waals surface area contributed by atoms with Gasteiger partial charge in [-0.25, -0.2) is 9.67 Å². The molecule has 0 atom stereocenters. The summed E-state index contributed by atoms with van der Waals surface area (Å²) in [4.78, 5) is 26.3. The first-order chi connectivity index (χ1) is 16.1. The number of rotatable bonds is 5. The highest BCUT2D eigenvalue weighted by molar-refractivity contribution is 6.30. The molecule has 8 heteroatoms. The van der Waals surface area contributed by atoms with Crippen molar-refractivity contribution in [3.8, 4) is 17.1 Å². The zero-order valence-corrected chi connectivity index (χ0v) is 18.5. The quantitative estimate of drug-likeness (QED) is 0.413. The molecule has 0 bridgehead atoms. The van der Waals surface area contributed by atoms with Crippen LogP contribution in [-0.4, -0.2) is 30.6 Å². The summed E-state index contributed by atoms with van der Waals surface area (Å²) in [6.07, 6.45) is 3.31. The van der Waals surface area contributed by atoms with Crippen LogP contribution in [0.1, 0.15) is 21.7 Å². The first-order valence-electron chi connectivity index (χ1n) is 10.3. The first kappa shape index (κ1) is 20.8. The molecule has 5 aromatic rings. The molecule has 0 aliphatic heterocycles. The lowest BCUT2D eigenvalue weighted by Gasteiger charge is -2.08. The van der Waals surface area contributed by atoms with Crippen molar-refractivity contribution >= 4 is 28.5 Å². The standard InChI is InChI=1S/C25H19ClN6O/c1-16-4-2-7-24(30-16)32-23(18-8-9-20-21(13-18)28-11-10-27-20)14-22(31-32)25(33)29-15-17-5-3-6-19(26)12-17/h2-14H,15H2,1H3,(H,29,33). The molecule has 33 heavy (non-hydrogen) atoms. The molecule has 162 valence electrons. The summed E-state index contributed by atoms with van der Waals surface area (Å²) < 4.78 is 1.68. The van der Waals surface area contributed by atoms with Crippen molar-refractivity contribution in [3.63, 3.8) is 0 Å². The van der Waals surface area contributed by atoms with Crippen molar-refractivity contribution in [3.05, 3.63) is 101 Å². The van der Waals surface area contributed by atoms with Gasteiger partial charge in [0.1, 0.15) is 0 Å². The molecule has 0 aliphatic carbocycles. The molecule has 0 aliphatic rings. The minimum absolute atomic E-state index is 0.287. The average Bonchev–Trinajstić information content (AvgIpc) is 3.28. The maximum absolute atomic E-state index is 12.9. The van der Waals surface area contributed by atoms with Crippen molar-refractivity contribution in [1.82, 2.24) is 30.0 Å². The number of aromatic nitrogens is 5. The molecule has 0 saturated carbocycles. The molecule has 1 N–H and O–H groups in total. The van der Waals surface area contributed by atoms with Crippen molar-refractivity contribution in [2.75, 3.05) is 0 Å². The fourth-order valence-electron chi connectivity index (χ4n) is 3.56. The highest BCUT2D eigenvalue weighted by Crippen LogP contribution is 2.26. The molecule has 0 spiro atoms. The summed E-state index contributed by atoms with van der Waals surface area (Å²) in [5, 5.41) is 8.12. The van der Waals surface area contributed by atoms with Crippen molar-refractivity contribution in [2.45, 2.75) is 13.5 Å². The highest BCUT2D eigenvalue weighted by atomic mass is 35.5. The van der Waals surface area contributed by atoms with Crippen molar-refractivity contribution < 1.29 is 4.79 Å². The van der Waals surface area contributed by atoms with Gasteiger partial charge in [0.05, 0.1) is 16.7 Å². The van der Waals surface area contributed by atoms with Gasteiger partial charge in [-0.3, -0.25) is 14.8 Å². The number of benzene rings is 2. The van der Waals surface area contributed by atoms with Gasteiger partial charge in [-0.1, -0.05) is 35.9 Å². The Morgan fingerprint density at radius 3 is 2.61 bits per heavy atom. The Labute approximate surface area is 195 Å². The highest BCUT2D eigenvalue weighted by Gasteiger charge is 2.18. The van der Waals surface area contributed by atoms with E-state index >= 15 is 0 Å². The van der Waals surface area contributed by atoms with E-state index in [4.69, 9.17) is 11.6 Å². The van der Waals surface area contributed by atoms with Gasteiger partial charge >= 0.3 is 0 Å². The van der Waals surface area contributed by atoms with E-state index in [9.17, 15) is 4.79 Å². The molecule has 5 rings (SSSR count). The SMILES string of the molecule is Cc1cccc(-n2nc(C(=O)NCc3cccc(Cl)c3)cc2-c2ccc3nccnc3c2)n1. The number of amides is 1. The Balaban J connectivity index is 1.53. The predicted molar refractivity (Wildman–Crippen MR) is 127 cm³/mol. The zero-order chi connectivity index (χ0) is 22.8. The largest absolute Gasteiger partial charge is 0.347 e. The molecular weight excluding hydrogens is 436 g/mol. The number of nitrogens with zero attached hydrogens (tertiary/aromatic N) is 5. The number of halogens is 1. The van der Waals surface area contributed by atoms with Crippen LogP contribution in [0.15, 0.2) is 79.1 Å². The number of hydrogen-bond donors (Lipinski definition) is 1. The fraction of sp³-hybridized carbons (Fsp3) is 0.0800. The molecule has 7 nitrogen and oxygen atoms in total. The molecule has 0 radical (unpaired) electrons. The van der Waals surface area contributed by atoms with E-state index < -0.39 is 0 Å². The summed E-state index contributed by atoms with van der Waals surface area (Å²) in [5.41, 5.74) is 5.18. The van der Waals surface area contributed by atoms with Crippen LogP contribution in [0.2, 0.25) is 5.02 Å². The summed E-state index contributed by atoms with van der Waals surface area (Å²) in [6, 6.07) is 20.6. The normalized spacial score (nSPS) is 11.0. The number of fused-ring (bicyclic) bond motifs is 1. The second kappa shape index (κ2) is 8.80. The van der Waals surface area contributed by atoms with E-state index in [1.165, 1.54) is 0 Å². The second-order valence-electron chi connectivity index (χ2n) is 7.54. The van der Waals surface area contributed by atoms with E-state index in [-0.39, 0.29) is 11.6 Å². The molecule has 1 amide bonds. The van der Waals surface area contributed by atoms with Gasteiger partial charge in [-0.2, -0.15) is 5.10 Å². The van der Waals surface area contributed by atoms with Crippen LogP contribution in [0.4, 0.5) is 0 Å². The van der Waals surface area contributed by atoms with Crippen molar-refractivity contribution in [1.29, 1.82) is 0 Å². The minimum Gasteiger partial charge on any atom is -0.347 e. The predicted octanol–water partition coefficient (Wildman–Crippen LogP) is 4.77. The molecule has 3 aromatic heterocycles. The maximum atomic E-state index is 12.9. The minimum atomic E-state index is -0.289. The van der Waals surface area contributed by atoms with E-state index in [2.05, 4.69) is 25.4 Å². The van der Waals surface area contributed by atoms with Gasteiger partial charge in [-0.15, -0.1) is 0 Å². The summed E-state index contributed by atoms with van der Waals surface area (Å²) in [6.45, 7) is 2.26. The number of aryl methyl sites for hydroxylation is 1. The zero-order valence-electron chi connectivity index (χ0n) is 17.7. The number of carbonyl (C=O) groups excluding carboxylic acids is 1. The van der Waals surface area contributed by atoms with E-state index in [0.717, 1.165) is 33.5 Å². The van der Waals surface area contributed by atoms with Gasteiger partial charge in [-0.05, 0) is 55.0 Å². The topological polar surface area (TPSA) is 85.6 Å². The van der Waals surface area contributed by atoms with Crippen LogP contribution in [0.3, 0.4) is 0 Å². The Morgan fingerprint density at radius 2 is 1.79 bits per heavy atom. The van der Waals surface area contributed by atoms with Crippen LogP contribution in [-0.2, 0) is 6.54 Å². The first-order valence-corrected chi connectivity index (χ1v) is 10.7. The van der Waals surface area contributed by atoms with Crippen LogP contribution < -0.4 is 5.32 Å². The molecule has 3 heterocycles. The van der Waals surface area contributed by atoms with Gasteiger partial charge in [0.25, 0.3) is 5.91 Å². The number of carbonyl (C=O) groups is 1. The van der Waals surface area contributed by atoms with Crippen molar-refractivity contribution in [2.24, 2.45) is 0 Å². The summed E-state index contributed by atoms with van der Waals surface area (Å²) >= 11 is 6.05. The van der Waals surface area contributed by atoms with Crippen LogP contribution in [0.25, 0.3) is 28.1 Å². The van der Waals surface area contributed by atoms with E-state index in [0.29, 0.717) is 17.4 Å². The van der Waals surface area contributed by atoms with Gasteiger partial charge in [0.15, 0.2) is 11.5 Å². The average molecular weight is 455 g/mol. The summed E-state index contributed by atoms with van der Waals surface area (Å²) in [5.74, 6) is 0.335. The van der Waals surface area contributed by atoms with Gasteiger partial charge < -0.3 is 5.32 Å². The summed E-state index contributed by atoms with van der Waals surface area (Å²) in [7, 11) is 0. The molecular formula is C25H19ClN6O.